The molecular weight excluding hydrogens is 376 g/mol. The molecule has 0 aromatic carbocycles. The maximum atomic E-state index is 12.9. The van der Waals surface area contributed by atoms with E-state index < -0.39 is 11.9 Å². The summed E-state index contributed by atoms with van der Waals surface area (Å²) in [5.41, 5.74) is 1.35. The molecule has 0 spiro atoms. The second kappa shape index (κ2) is 15.0. The molecule has 3 atom stereocenters. The smallest absolute Gasteiger partial charge is 0.335 e. The summed E-state index contributed by atoms with van der Waals surface area (Å²) in [7, 11) is 0. The Balaban J connectivity index is 2.78. The highest BCUT2D eigenvalue weighted by molar-refractivity contribution is 5.97. The van der Waals surface area contributed by atoms with Crippen molar-refractivity contribution in [3.8, 4) is 0 Å². The fraction of sp³-hybridized carbons (Fsp3) is 0.692. The summed E-state index contributed by atoms with van der Waals surface area (Å²) in [5.74, 6) is -0.772. The largest absolute Gasteiger partial charge is 0.465 e. The lowest BCUT2D eigenvalue weighted by Gasteiger charge is -2.20. The number of hydrogen-bond acceptors (Lipinski definition) is 4. The lowest BCUT2D eigenvalue weighted by molar-refractivity contribution is -0.150. The molecule has 4 nitrogen and oxygen atoms in total. The average molecular weight is 419 g/mol. The second-order valence-electron chi connectivity index (χ2n) is 8.43. The molecule has 0 aromatic rings. The summed E-state index contributed by atoms with van der Waals surface area (Å²) in [6.45, 7) is 11.3. The molecule has 0 saturated carbocycles. The summed E-state index contributed by atoms with van der Waals surface area (Å²) in [6.07, 6.45) is 15.8. The highest BCUT2D eigenvalue weighted by Gasteiger charge is 2.29. The van der Waals surface area contributed by atoms with Crippen molar-refractivity contribution in [3.63, 3.8) is 0 Å². The first-order valence-electron chi connectivity index (χ1n) is 11.9. The zero-order valence-corrected chi connectivity index (χ0v) is 19.7. The summed E-state index contributed by atoms with van der Waals surface area (Å²) < 4.78 is 11.3. The van der Waals surface area contributed by atoms with Gasteiger partial charge in [-0.3, -0.25) is 4.79 Å². The molecule has 0 amide bonds. The number of rotatable bonds is 14. The molecule has 0 radical (unpaired) electrons. The van der Waals surface area contributed by atoms with Crippen LogP contribution < -0.4 is 0 Å². The van der Waals surface area contributed by atoms with Gasteiger partial charge < -0.3 is 9.47 Å². The van der Waals surface area contributed by atoms with Crippen LogP contribution in [-0.4, -0.2) is 25.2 Å². The Morgan fingerprint density at radius 1 is 0.900 bits per heavy atom. The molecule has 0 heterocycles. The van der Waals surface area contributed by atoms with E-state index in [1.165, 1.54) is 0 Å². The highest BCUT2D eigenvalue weighted by Crippen LogP contribution is 2.23. The second-order valence-corrected chi connectivity index (χ2v) is 8.43. The van der Waals surface area contributed by atoms with Crippen LogP contribution in [0.15, 0.2) is 35.5 Å². The number of carbonyl (C=O) groups excluding carboxylic acids is 2. The third kappa shape index (κ3) is 9.32. The highest BCUT2D eigenvalue weighted by atomic mass is 16.5. The monoisotopic (exact) mass is 418 g/mol. The molecule has 0 aliphatic heterocycles. The van der Waals surface area contributed by atoms with E-state index in [9.17, 15) is 9.59 Å². The van der Waals surface area contributed by atoms with Gasteiger partial charge in [-0.1, -0.05) is 96.1 Å². The SMILES string of the molecule is CCCCC(CC)COC(=O)C1=CC=C(C)C=CC1C(=O)OCC(CC)CCCC. The lowest BCUT2D eigenvalue weighted by Crippen LogP contribution is -2.26. The van der Waals surface area contributed by atoms with Gasteiger partial charge in [0.25, 0.3) is 0 Å². The Labute approximate surface area is 183 Å². The molecular formula is C26H42O4. The fourth-order valence-electron chi connectivity index (χ4n) is 3.50. The molecule has 1 aliphatic rings. The molecule has 0 aromatic heterocycles. The van der Waals surface area contributed by atoms with Gasteiger partial charge in [-0.05, 0) is 31.6 Å². The number of allylic oxidation sites excluding steroid dienone is 4. The van der Waals surface area contributed by atoms with Crippen LogP contribution in [0.1, 0.15) is 86.0 Å². The molecule has 0 N–H and O–H groups in total. The van der Waals surface area contributed by atoms with Gasteiger partial charge in [0.05, 0.1) is 18.8 Å². The third-order valence-corrected chi connectivity index (χ3v) is 5.90. The van der Waals surface area contributed by atoms with Gasteiger partial charge in [0.15, 0.2) is 0 Å². The third-order valence-electron chi connectivity index (χ3n) is 5.90. The molecule has 1 aliphatic carbocycles. The van der Waals surface area contributed by atoms with E-state index in [1.54, 1.807) is 12.2 Å². The minimum atomic E-state index is -0.717. The zero-order valence-electron chi connectivity index (χ0n) is 19.7. The summed E-state index contributed by atoms with van der Waals surface area (Å²) >= 11 is 0. The maximum Gasteiger partial charge on any atom is 0.335 e. The Kier molecular flexibility index (Phi) is 13.1. The maximum absolute atomic E-state index is 12.9. The van der Waals surface area contributed by atoms with Crippen LogP contribution in [0.2, 0.25) is 0 Å². The fourth-order valence-corrected chi connectivity index (χ4v) is 3.50. The van der Waals surface area contributed by atoms with Crippen molar-refractivity contribution >= 4 is 11.9 Å². The molecule has 0 saturated heterocycles. The van der Waals surface area contributed by atoms with E-state index in [0.29, 0.717) is 30.6 Å². The topological polar surface area (TPSA) is 52.6 Å². The van der Waals surface area contributed by atoms with Crippen LogP contribution in [-0.2, 0) is 19.1 Å². The Morgan fingerprint density at radius 3 is 2.00 bits per heavy atom. The van der Waals surface area contributed by atoms with Crippen LogP contribution in [0.3, 0.4) is 0 Å². The van der Waals surface area contributed by atoms with Gasteiger partial charge in [-0.25, -0.2) is 4.79 Å². The molecule has 4 heteroatoms. The van der Waals surface area contributed by atoms with Gasteiger partial charge in [0.2, 0.25) is 0 Å². The van der Waals surface area contributed by atoms with Crippen molar-refractivity contribution in [1.82, 2.24) is 0 Å². The van der Waals surface area contributed by atoms with Gasteiger partial charge in [0.1, 0.15) is 5.92 Å². The summed E-state index contributed by atoms with van der Waals surface area (Å²) in [4.78, 5) is 25.7. The quantitative estimate of drug-likeness (QED) is 0.300. The van der Waals surface area contributed by atoms with Gasteiger partial charge in [-0.2, -0.15) is 0 Å². The number of unbranched alkanes of at least 4 members (excludes halogenated alkanes) is 2. The minimum Gasteiger partial charge on any atom is -0.465 e. The number of esters is 2. The van der Waals surface area contributed by atoms with Crippen molar-refractivity contribution in [2.45, 2.75) is 86.0 Å². The lowest BCUT2D eigenvalue weighted by atomic mass is 9.97. The average Bonchev–Trinajstić information content (AvgIpc) is 2.95. The first-order chi connectivity index (χ1) is 14.5. The molecule has 1 rings (SSSR count). The Morgan fingerprint density at radius 2 is 1.47 bits per heavy atom. The first-order valence-corrected chi connectivity index (χ1v) is 11.9. The van der Waals surface area contributed by atoms with E-state index >= 15 is 0 Å². The Bertz CT molecular complexity index is 615. The van der Waals surface area contributed by atoms with Crippen LogP contribution >= 0.6 is 0 Å². The van der Waals surface area contributed by atoms with Crippen molar-refractivity contribution < 1.29 is 19.1 Å². The van der Waals surface area contributed by atoms with E-state index in [1.807, 2.05) is 19.1 Å². The van der Waals surface area contributed by atoms with Crippen molar-refractivity contribution in [3.05, 3.63) is 35.5 Å². The molecule has 0 bridgehead atoms. The van der Waals surface area contributed by atoms with Gasteiger partial charge in [0, 0.05) is 0 Å². The van der Waals surface area contributed by atoms with E-state index in [4.69, 9.17) is 9.47 Å². The normalized spacial score (nSPS) is 18.1. The number of hydrogen-bond donors (Lipinski definition) is 0. The van der Waals surface area contributed by atoms with Crippen molar-refractivity contribution in [2.24, 2.45) is 17.8 Å². The zero-order chi connectivity index (χ0) is 22.4. The van der Waals surface area contributed by atoms with Crippen LogP contribution in [0.5, 0.6) is 0 Å². The van der Waals surface area contributed by atoms with Crippen molar-refractivity contribution in [2.75, 3.05) is 13.2 Å². The standard InChI is InChI=1S/C26H42O4/c1-6-10-12-21(8-3)18-29-25(27)23-16-14-20(5)15-17-24(23)26(28)30-19-22(9-4)13-11-7-2/h14-17,21-23H,6-13,18-19H2,1-5H3. The molecule has 0 fully saturated rings. The first kappa shape index (κ1) is 26.2. The van der Waals surface area contributed by atoms with Gasteiger partial charge >= 0.3 is 11.9 Å². The molecule has 170 valence electrons. The summed E-state index contributed by atoms with van der Waals surface area (Å²) in [5, 5.41) is 0. The van der Waals surface area contributed by atoms with Crippen molar-refractivity contribution in [1.29, 1.82) is 0 Å². The van der Waals surface area contributed by atoms with Gasteiger partial charge in [-0.15, -0.1) is 0 Å². The van der Waals surface area contributed by atoms with Crippen LogP contribution in [0, 0.1) is 17.8 Å². The number of carbonyl (C=O) groups is 2. The van der Waals surface area contributed by atoms with E-state index in [0.717, 1.165) is 56.9 Å². The molecule has 30 heavy (non-hydrogen) atoms. The predicted octanol–water partition coefficient (Wildman–Crippen LogP) is 6.56. The molecule has 3 unspecified atom stereocenters. The summed E-state index contributed by atoms with van der Waals surface area (Å²) in [6, 6.07) is 0. The van der Waals surface area contributed by atoms with Crippen LogP contribution in [0.4, 0.5) is 0 Å². The minimum absolute atomic E-state index is 0.361. The van der Waals surface area contributed by atoms with E-state index in [2.05, 4.69) is 27.7 Å². The van der Waals surface area contributed by atoms with E-state index in [-0.39, 0.29) is 5.97 Å². The number of ether oxygens (including phenoxy) is 2. The van der Waals surface area contributed by atoms with Crippen LogP contribution in [0.25, 0.3) is 0 Å². The Hall–Kier alpha value is -1.84. The predicted molar refractivity (Wildman–Crippen MR) is 123 cm³/mol.